The van der Waals surface area contributed by atoms with Gasteiger partial charge < -0.3 is 30.0 Å². The Kier molecular flexibility index (Phi) is 3.58. The molecule has 1 aliphatic heterocycles. The first-order chi connectivity index (χ1) is 8.54. The summed E-state index contributed by atoms with van der Waals surface area (Å²) in [6.45, 7) is -0.435. The van der Waals surface area contributed by atoms with Gasteiger partial charge in [-0.2, -0.15) is 4.57 Å². The molecule has 0 bridgehead atoms. The maximum absolute atomic E-state index is 10.7. The molecular formula is C11H13NO6. The molecule has 7 heteroatoms. The highest BCUT2D eigenvalue weighted by atomic mass is 16.6. The minimum absolute atomic E-state index is 0.0739. The highest BCUT2D eigenvalue weighted by molar-refractivity contribution is 5.84. The van der Waals surface area contributed by atoms with Gasteiger partial charge in [-0.1, -0.05) is 0 Å². The molecule has 2 rings (SSSR count). The van der Waals surface area contributed by atoms with Crippen LogP contribution in [0.1, 0.15) is 16.6 Å². The number of hydrogen-bond donors (Lipinski definition) is 3. The van der Waals surface area contributed by atoms with Crippen LogP contribution in [0.15, 0.2) is 24.5 Å². The van der Waals surface area contributed by atoms with Gasteiger partial charge in [-0.3, -0.25) is 0 Å². The van der Waals surface area contributed by atoms with Crippen LogP contribution in [0.5, 0.6) is 0 Å². The van der Waals surface area contributed by atoms with Gasteiger partial charge in [0.1, 0.15) is 12.2 Å². The van der Waals surface area contributed by atoms with Gasteiger partial charge in [0.15, 0.2) is 18.5 Å². The van der Waals surface area contributed by atoms with Crippen LogP contribution in [0, 0.1) is 0 Å². The monoisotopic (exact) mass is 255 g/mol. The first-order valence-corrected chi connectivity index (χ1v) is 5.39. The molecule has 3 N–H and O–H groups in total. The number of aromatic carboxylic acids is 1. The van der Waals surface area contributed by atoms with Crippen LogP contribution in [0.4, 0.5) is 0 Å². The zero-order valence-corrected chi connectivity index (χ0v) is 9.34. The molecule has 0 amide bonds. The van der Waals surface area contributed by atoms with E-state index in [4.69, 9.17) is 9.84 Å². The van der Waals surface area contributed by atoms with Crippen molar-refractivity contribution in [3.8, 4) is 0 Å². The predicted octanol–water partition coefficient (Wildman–Crippen LogP) is -3.05. The molecule has 1 fully saturated rings. The topological polar surface area (TPSA) is 114 Å². The fraction of sp³-hybridized carbons (Fsp3) is 0.455. The molecule has 98 valence electrons. The van der Waals surface area contributed by atoms with Crippen LogP contribution in [-0.4, -0.2) is 46.2 Å². The second-order valence-electron chi connectivity index (χ2n) is 4.06. The summed E-state index contributed by atoms with van der Waals surface area (Å²) >= 11 is 0. The van der Waals surface area contributed by atoms with Gasteiger partial charge in [-0.25, -0.2) is 0 Å². The number of aliphatic hydroxyl groups excluding tert-OH is 3. The Hall–Kier alpha value is -1.54. The van der Waals surface area contributed by atoms with E-state index < -0.39 is 37.1 Å². The zero-order valence-electron chi connectivity index (χ0n) is 9.34. The molecular weight excluding hydrogens is 242 g/mol. The summed E-state index contributed by atoms with van der Waals surface area (Å²) in [6, 6.07) is 2.80. The van der Waals surface area contributed by atoms with Crippen molar-refractivity contribution in [2.24, 2.45) is 0 Å². The Morgan fingerprint density at radius 2 is 2.17 bits per heavy atom. The number of carbonyl (C=O) groups excluding carboxylic acids is 1. The van der Waals surface area contributed by atoms with Gasteiger partial charge in [0.25, 0.3) is 6.23 Å². The Balaban J connectivity index is 2.27. The van der Waals surface area contributed by atoms with Crippen molar-refractivity contribution in [3.63, 3.8) is 0 Å². The molecule has 1 unspecified atom stereocenters. The van der Waals surface area contributed by atoms with Crippen molar-refractivity contribution in [2.45, 2.75) is 24.5 Å². The lowest BCUT2D eigenvalue weighted by Gasteiger charge is -2.10. The number of carbonyl (C=O) groups is 1. The molecule has 1 aliphatic rings. The van der Waals surface area contributed by atoms with E-state index in [1.54, 1.807) is 0 Å². The van der Waals surface area contributed by atoms with E-state index in [0.717, 1.165) is 0 Å². The lowest BCUT2D eigenvalue weighted by molar-refractivity contribution is -0.765. The van der Waals surface area contributed by atoms with Crippen molar-refractivity contribution in [3.05, 3.63) is 30.1 Å². The Bertz CT molecular complexity index is 451. The SMILES string of the molecule is O=C([O-])c1ccc[n+]([C@@H]2OC(CO)[C@@H](O)[C@H]2O)c1. The molecule has 0 saturated carbocycles. The molecule has 4 atom stereocenters. The normalized spacial score (nSPS) is 31.5. The highest BCUT2D eigenvalue weighted by Crippen LogP contribution is 2.24. The maximum Gasteiger partial charge on any atom is 0.292 e. The van der Waals surface area contributed by atoms with Crippen molar-refractivity contribution >= 4 is 5.97 Å². The molecule has 1 saturated heterocycles. The van der Waals surface area contributed by atoms with Gasteiger partial charge in [0.2, 0.25) is 0 Å². The summed E-state index contributed by atoms with van der Waals surface area (Å²) in [4.78, 5) is 10.7. The quantitative estimate of drug-likeness (QED) is 0.494. The lowest BCUT2D eigenvalue weighted by atomic mass is 10.1. The smallest absolute Gasteiger partial charge is 0.292 e. The highest BCUT2D eigenvalue weighted by Gasteiger charge is 2.47. The number of aromatic nitrogens is 1. The van der Waals surface area contributed by atoms with Crippen LogP contribution in [0.25, 0.3) is 0 Å². The Labute approximate surface area is 102 Å². The van der Waals surface area contributed by atoms with Gasteiger partial charge in [0, 0.05) is 6.07 Å². The van der Waals surface area contributed by atoms with Gasteiger partial charge in [-0.15, -0.1) is 0 Å². The van der Waals surface area contributed by atoms with Crippen molar-refractivity contribution < 1.29 is 34.5 Å². The standard InChI is InChI=1S/C11H13NO6/c13-5-7-8(14)9(15)10(18-7)12-3-1-2-6(4-12)11(16)17/h1-4,7-10,13-15H,5H2/t7?,8-,9-,10-/m1/s1. The molecule has 2 heterocycles. The minimum Gasteiger partial charge on any atom is -0.545 e. The summed E-state index contributed by atoms with van der Waals surface area (Å²) in [5.74, 6) is -1.35. The molecule has 18 heavy (non-hydrogen) atoms. The summed E-state index contributed by atoms with van der Waals surface area (Å²) in [7, 11) is 0. The predicted molar refractivity (Wildman–Crippen MR) is 54.0 cm³/mol. The number of rotatable bonds is 3. The second kappa shape index (κ2) is 4.99. The number of carboxylic acid groups (broad SMARTS) is 1. The third kappa shape index (κ3) is 2.21. The van der Waals surface area contributed by atoms with E-state index in [1.165, 1.54) is 29.1 Å². The molecule has 0 aromatic carbocycles. The number of ether oxygens (including phenoxy) is 1. The molecule has 1 aromatic rings. The Morgan fingerprint density at radius 1 is 1.44 bits per heavy atom. The van der Waals surface area contributed by atoms with Crippen molar-refractivity contribution in [1.82, 2.24) is 0 Å². The van der Waals surface area contributed by atoms with Crippen LogP contribution < -0.4 is 9.67 Å². The van der Waals surface area contributed by atoms with Gasteiger partial charge in [0.05, 0.1) is 18.1 Å². The third-order valence-electron chi connectivity index (χ3n) is 2.87. The number of nitrogens with zero attached hydrogens (tertiary/aromatic N) is 1. The largest absolute Gasteiger partial charge is 0.545 e. The summed E-state index contributed by atoms with van der Waals surface area (Å²) in [6.07, 6.45) is -1.59. The third-order valence-corrected chi connectivity index (χ3v) is 2.87. The van der Waals surface area contributed by atoms with E-state index in [2.05, 4.69) is 0 Å². The molecule has 7 nitrogen and oxygen atoms in total. The van der Waals surface area contributed by atoms with Crippen LogP contribution in [0.3, 0.4) is 0 Å². The number of pyridine rings is 1. The van der Waals surface area contributed by atoms with E-state index in [9.17, 15) is 20.1 Å². The van der Waals surface area contributed by atoms with E-state index in [-0.39, 0.29) is 5.56 Å². The van der Waals surface area contributed by atoms with Crippen LogP contribution >= 0.6 is 0 Å². The van der Waals surface area contributed by atoms with Gasteiger partial charge in [-0.05, 0) is 6.07 Å². The van der Waals surface area contributed by atoms with Gasteiger partial charge >= 0.3 is 0 Å². The molecule has 1 aromatic heterocycles. The summed E-state index contributed by atoms with van der Waals surface area (Å²) < 4.78 is 6.57. The summed E-state index contributed by atoms with van der Waals surface area (Å²) in [5, 5.41) is 39.0. The first kappa shape index (κ1) is 12.9. The average Bonchev–Trinajstić information content (AvgIpc) is 2.66. The number of hydrogen-bond acceptors (Lipinski definition) is 6. The van der Waals surface area contributed by atoms with E-state index in [1.807, 2.05) is 0 Å². The number of aliphatic hydroxyl groups is 3. The van der Waals surface area contributed by atoms with Crippen molar-refractivity contribution in [1.29, 1.82) is 0 Å². The fourth-order valence-electron chi connectivity index (χ4n) is 1.90. The maximum atomic E-state index is 10.7. The lowest BCUT2D eigenvalue weighted by Crippen LogP contribution is -2.46. The molecule has 0 spiro atoms. The van der Waals surface area contributed by atoms with E-state index in [0.29, 0.717) is 0 Å². The summed E-state index contributed by atoms with van der Waals surface area (Å²) in [5.41, 5.74) is -0.0739. The van der Waals surface area contributed by atoms with E-state index >= 15 is 0 Å². The van der Waals surface area contributed by atoms with Crippen molar-refractivity contribution in [2.75, 3.05) is 6.61 Å². The van der Waals surface area contributed by atoms with Crippen LogP contribution in [0.2, 0.25) is 0 Å². The minimum atomic E-state index is -1.35. The van der Waals surface area contributed by atoms with Crippen LogP contribution in [-0.2, 0) is 4.74 Å². The molecule has 0 radical (unpaired) electrons. The second-order valence-corrected chi connectivity index (χ2v) is 4.06. The fourth-order valence-corrected chi connectivity index (χ4v) is 1.90. The zero-order chi connectivity index (χ0) is 13.3. The molecule has 0 aliphatic carbocycles. The number of carboxylic acids is 1. The average molecular weight is 255 g/mol. The first-order valence-electron chi connectivity index (χ1n) is 5.39. The Morgan fingerprint density at radius 3 is 2.72 bits per heavy atom.